The molecule has 26 heavy (non-hydrogen) atoms. The first-order valence-electron chi connectivity index (χ1n) is 8.49. The van der Waals surface area contributed by atoms with Crippen molar-refractivity contribution >= 4 is 29.0 Å². The average Bonchev–Trinajstić information content (AvgIpc) is 2.65. The first-order valence-corrected chi connectivity index (χ1v) is 8.87. The maximum atomic E-state index is 12.6. The van der Waals surface area contributed by atoms with Crippen molar-refractivity contribution in [3.05, 3.63) is 47.6 Å². The minimum Gasteiger partial charge on any atom is -0.478 e. The zero-order valence-electron chi connectivity index (χ0n) is 14.9. The van der Waals surface area contributed by atoms with E-state index in [1.54, 1.807) is 50.4 Å². The fraction of sp³-hybridized carbons (Fsp3) is 0.368. The zero-order chi connectivity index (χ0) is 18.6. The zero-order valence-corrected chi connectivity index (χ0v) is 15.6. The maximum Gasteiger partial charge on any atom is 0.269 e. The van der Waals surface area contributed by atoms with Crippen molar-refractivity contribution in [1.82, 2.24) is 4.98 Å². The number of nitrogens with zero attached hydrogens (tertiary/aromatic N) is 2. The van der Waals surface area contributed by atoms with Gasteiger partial charge in [0.2, 0.25) is 0 Å². The summed E-state index contributed by atoms with van der Waals surface area (Å²) in [4.78, 5) is 19.1. The highest BCUT2D eigenvalue weighted by atomic mass is 35.5. The van der Waals surface area contributed by atoms with Crippen molar-refractivity contribution in [2.45, 2.75) is 19.4 Å². The van der Waals surface area contributed by atoms with E-state index in [2.05, 4.69) is 15.2 Å². The third kappa shape index (κ3) is 4.65. The number of nitrogens with one attached hydrogen (secondary N) is 1. The smallest absolute Gasteiger partial charge is 0.269 e. The number of pyridine rings is 1. The second kappa shape index (κ2) is 7.93. The van der Waals surface area contributed by atoms with E-state index in [1.807, 2.05) is 6.07 Å². The van der Waals surface area contributed by atoms with Gasteiger partial charge >= 0.3 is 0 Å². The molecule has 0 spiro atoms. The largest absolute Gasteiger partial charge is 0.478 e. The minimum absolute atomic E-state index is 0.279. The molecule has 1 aromatic carbocycles. The molecule has 0 atom stereocenters. The van der Waals surface area contributed by atoms with Crippen molar-refractivity contribution in [2.75, 3.05) is 36.5 Å². The number of carbonyl (C=O) groups is 1. The Hall–Kier alpha value is -2.31. The number of carbonyl (C=O) groups excluding carboxylic acids is 1. The van der Waals surface area contributed by atoms with Crippen LogP contribution in [0.15, 0.2) is 42.6 Å². The van der Waals surface area contributed by atoms with Crippen LogP contribution < -0.4 is 15.0 Å². The monoisotopic (exact) mass is 375 g/mol. The molecule has 0 bridgehead atoms. The van der Waals surface area contributed by atoms with Gasteiger partial charge in [0.05, 0.1) is 25.1 Å². The van der Waals surface area contributed by atoms with E-state index in [0.717, 1.165) is 18.8 Å². The number of rotatable bonds is 5. The van der Waals surface area contributed by atoms with Gasteiger partial charge in [-0.3, -0.25) is 4.79 Å². The van der Waals surface area contributed by atoms with E-state index in [0.29, 0.717) is 29.8 Å². The SMILES string of the molecule is CC(C)(Oc1ccc(Cl)cc1)C(=O)Nc1ccc(N2CCOCC2)cn1. The molecule has 6 nitrogen and oxygen atoms in total. The van der Waals surface area contributed by atoms with Crippen molar-refractivity contribution in [2.24, 2.45) is 0 Å². The fourth-order valence-electron chi connectivity index (χ4n) is 2.58. The lowest BCUT2D eigenvalue weighted by Gasteiger charge is -2.28. The van der Waals surface area contributed by atoms with Crippen molar-refractivity contribution in [3.63, 3.8) is 0 Å². The number of hydrogen-bond acceptors (Lipinski definition) is 5. The highest BCUT2D eigenvalue weighted by molar-refractivity contribution is 6.30. The molecule has 138 valence electrons. The number of amides is 1. The van der Waals surface area contributed by atoms with Crippen LogP contribution in [0.2, 0.25) is 5.02 Å². The van der Waals surface area contributed by atoms with Gasteiger partial charge in [-0.1, -0.05) is 11.6 Å². The second-order valence-electron chi connectivity index (χ2n) is 6.52. The number of benzene rings is 1. The molecule has 0 unspecified atom stereocenters. The van der Waals surface area contributed by atoms with Gasteiger partial charge in [-0.05, 0) is 50.2 Å². The van der Waals surface area contributed by atoms with Crippen LogP contribution in [-0.2, 0) is 9.53 Å². The van der Waals surface area contributed by atoms with Crippen LogP contribution in [0, 0.1) is 0 Å². The van der Waals surface area contributed by atoms with Crippen LogP contribution in [0.1, 0.15) is 13.8 Å². The molecule has 7 heteroatoms. The standard InChI is InChI=1S/C19H22ClN3O3/c1-19(2,26-16-6-3-14(20)4-7-16)18(24)22-17-8-5-15(13-21-17)23-9-11-25-12-10-23/h3-8,13H,9-12H2,1-2H3,(H,21,22,24). The van der Waals surface area contributed by atoms with Gasteiger partial charge in [-0.15, -0.1) is 0 Å². The summed E-state index contributed by atoms with van der Waals surface area (Å²) in [5.74, 6) is 0.782. The molecule has 1 aliphatic heterocycles. The summed E-state index contributed by atoms with van der Waals surface area (Å²) < 4.78 is 11.1. The first kappa shape index (κ1) is 18.5. The Morgan fingerprint density at radius 1 is 1.19 bits per heavy atom. The summed E-state index contributed by atoms with van der Waals surface area (Å²) >= 11 is 5.87. The summed E-state index contributed by atoms with van der Waals surface area (Å²) in [5.41, 5.74) is -0.0405. The van der Waals surface area contributed by atoms with Crippen molar-refractivity contribution < 1.29 is 14.3 Å². The van der Waals surface area contributed by atoms with Gasteiger partial charge < -0.3 is 19.7 Å². The van der Waals surface area contributed by atoms with Gasteiger partial charge in [-0.2, -0.15) is 0 Å². The van der Waals surface area contributed by atoms with E-state index in [1.165, 1.54) is 0 Å². The van der Waals surface area contributed by atoms with Crippen LogP contribution in [0.3, 0.4) is 0 Å². The van der Waals surface area contributed by atoms with Crippen LogP contribution in [0.5, 0.6) is 5.75 Å². The third-order valence-electron chi connectivity index (χ3n) is 4.10. The third-order valence-corrected chi connectivity index (χ3v) is 4.35. The van der Waals surface area contributed by atoms with E-state index in [-0.39, 0.29) is 5.91 Å². The lowest BCUT2D eigenvalue weighted by molar-refractivity contribution is -0.128. The molecule has 0 saturated carbocycles. The molecule has 3 rings (SSSR count). The molecular formula is C19H22ClN3O3. The van der Waals surface area contributed by atoms with E-state index in [9.17, 15) is 4.79 Å². The Kier molecular flexibility index (Phi) is 5.64. The van der Waals surface area contributed by atoms with Crippen molar-refractivity contribution in [1.29, 1.82) is 0 Å². The Balaban J connectivity index is 1.61. The molecular weight excluding hydrogens is 354 g/mol. The fourth-order valence-corrected chi connectivity index (χ4v) is 2.71. The lowest BCUT2D eigenvalue weighted by Crippen LogP contribution is -2.42. The Morgan fingerprint density at radius 3 is 2.50 bits per heavy atom. The lowest BCUT2D eigenvalue weighted by atomic mass is 10.1. The Morgan fingerprint density at radius 2 is 1.88 bits per heavy atom. The van der Waals surface area contributed by atoms with E-state index >= 15 is 0 Å². The number of ether oxygens (including phenoxy) is 2. The molecule has 1 amide bonds. The summed E-state index contributed by atoms with van der Waals surface area (Å²) in [5, 5.41) is 3.41. The average molecular weight is 376 g/mol. The first-order chi connectivity index (χ1) is 12.4. The van der Waals surface area contributed by atoms with Gasteiger partial charge in [0.25, 0.3) is 5.91 Å². The van der Waals surface area contributed by atoms with E-state index < -0.39 is 5.60 Å². The molecule has 0 aliphatic carbocycles. The van der Waals surface area contributed by atoms with Crippen LogP contribution in [0.25, 0.3) is 0 Å². The normalized spacial score (nSPS) is 14.8. The Labute approximate surface area is 158 Å². The number of morpholine rings is 1. The van der Waals surface area contributed by atoms with Gasteiger partial charge in [0, 0.05) is 18.1 Å². The molecule has 2 heterocycles. The summed E-state index contributed by atoms with van der Waals surface area (Å²) in [6.45, 7) is 6.53. The molecule has 1 aliphatic rings. The van der Waals surface area contributed by atoms with Gasteiger partial charge in [0.15, 0.2) is 5.60 Å². The number of anilines is 2. The summed E-state index contributed by atoms with van der Waals surface area (Å²) in [6, 6.07) is 10.6. The summed E-state index contributed by atoms with van der Waals surface area (Å²) in [7, 11) is 0. The summed E-state index contributed by atoms with van der Waals surface area (Å²) in [6.07, 6.45) is 1.76. The number of hydrogen-bond donors (Lipinski definition) is 1. The molecule has 1 aromatic heterocycles. The van der Waals surface area contributed by atoms with Crippen LogP contribution in [-0.4, -0.2) is 42.8 Å². The highest BCUT2D eigenvalue weighted by Crippen LogP contribution is 2.22. The highest BCUT2D eigenvalue weighted by Gasteiger charge is 2.30. The molecule has 1 N–H and O–H groups in total. The quantitative estimate of drug-likeness (QED) is 0.868. The predicted molar refractivity (Wildman–Crippen MR) is 102 cm³/mol. The maximum absolute atomic E-state index is 12.6. The molecule has 0 radical (unpaired) electrons. The topological polar surface area (TPSA) is 63.7 Å². The number of aromatic nitrogens is 1. The number of halogens is 1. The Bertz CT molecular complexity index is 742. The second-order valence-corrected chi connectivity index (χ2v) is 6.96. The van der Waals surface area contributed by atoms with E-state index in [4.69, 9.17) is 21.1 Å². The molecule has 2 aromatic rings. The van der Waals surface area contributed by atoms with Gasteiger partial charge in [0.1, 0.15) is 11.6 Å². The van der Waals surface area contributed by atoms with Crippen molar-refractivity contribution in [3.8, 4) is 5.75 Å². The van der Waals surface area contributed by atoms with Gasteiger partial charge in [-0.25, -0.2) is 4.98 Å². The van der Waals surface area contributed by atoms with Crippen LogP contribution >= 0.6 is 11.6 Å². The molecule has 1 fully saturated rings. The minimum atomic E-state index is -1.06. The van der Waals surface area contributed by atoms with Crippen LogP contribution in [0.4, 0.5) is 11.5 Å². The predicted octanol–water partition coefficient (Wildman–Crippen LogP) is 3.37. The molecule has 1 saturated heterocycles.